The van der Waals surface area contributed by atoms with Gasteiger partial charge in [0, 0.05) is 17.0 Å². The van der Waals surface area contributed by atoms with E-state index in [4.69, 9.17) is 9.47 Å². The molecule has 0 heterocycles. The van der Waals surface area contributed by atoms with Crippen LogP contribution in [-0.4, -0.2) is 24.6 Å². The van der Waals surface area contributed by atoms with Crippen LogP contribution in [-0.2, 0) is 21.3 Å². The number of halogens is 1. The van der Waals surface area contributed by atoms with E-state index in [-0.39, 0.29) is 18.7 Å². The Hall–Kier alpha value is -1.63. The third-order valence-corrected chi connectivity index (χ3v) is 3.05. The SMILES string of the molecule is CCOC(=O)Cc1cc([N+](=O)[O-])cc(OC)c1CBr. The maximum atomic E-state index is 11.5. The van der Waals surface area contributed by atoms with Gasteiger partial charge in [0.25, 0.3) is 5.69 Å². The van der Waals surface area contributed by atoms with E-state index in [1.807, 2.05) is 0 Å². The molecule has 1 aromatic rings. The Balaban J connectivity index is 3.21. The van der Waals surface area contributed by atoms with Crippen LogP contribution in [0.5, 0.6) is 5.75 Å². The van der Waals surface area contributed by atoms with Gasteiger partial charge in [-0.2, -0.15) is 0 Å². The number of benzene rings is 1. The molecular formula is C12H14BrNO5. The third kappa shape index (κ3) is 3.92. The summed E-state index contributed by atoms with van der Waals surface area (Å²) < 4.78 is 9.98. The monoisotopic (exact) mass is 331 g/mol. The van der Waals surface area contributed by atoms with E-state index in [0.717, 1.165) is 0 Å². The Kier molecular flexibility index (Phi) is 5.75. The predicted octanol–water partition coefficient (Wildman–Crippen LogP) is 2.60. The van der Waals surface area contributed by atoms with Crippen molar-refractivity contribution in [2.24, 2.45) is 0 Å². The number of alkyl halides is 1. The Morgan fingerprint density at radius 1 is 1.47 bits per heavy atom. The van der Waals surface area contributed by atoms with Crippen LogP contribution in [0.1, 0.15) is 18.1 Å². The fraction of sp³-hybridized carbons (Fsp3) is 0.417. The van der Waals surface area contributed by atoms with Gasteiger partial charge in [0.15, 0.2) is 0 Å². The molecule has 0 aliphatic carbocycles. The smallest absolute Gasteiger partial charge is 0.310 e. The number of nitro groups is 1. The summed E-state index contributed by atoms with van der Waals surface area (Å²) in [6.45, 7) is 1.98. The summed E-state index contributed by atoms with van der Waals surface area (Å²) in [4.78, 5) is 21.8. The number of nitro benzene ring substituents is 1. The van der Waals surface area contributed by atoms with Crippen molar-refractivity contribution in [2.45, 2.75) is 18.7 Å². The van der Waals surface area contributed by atoms with Crippen molar-refractivity contribution < 1.29 is 19.2 Å². The molecule has 0 unspecified atom stereocenters. The molecule has 0 radical (unpaired) electrons. The highest BCUT2D eigenvalue weighted by molar-refractivity contribution is 9.08. The quantitative estimate of drug-likeness (QED) is 0.346. The van der Waals surface area contributed by atoms with Crippen LogP contribution in [0.2, 0.25) is 0 Å². The lowest BCUT2D eigenvalue weighted by molar-refractivity contribution is -0.385. The number of esters is 1. The van der Waals surface area contributed by atoms with Crippen molar-refractivity contribution in [3.05, 3.63) is 33.4 Å². The Morgan fingerprint density at radius 3 is 2.63 bits per heavy atom. The Labute approximate surface area is 119 Å². The zero-order valence-electron chi connectivity index (χ0n) is 10.6. The number of hydrogen-bond donors (Lipinski definition) is 0. The number of ether oxygens (including phenoxy) is 2. The van der Waals surface area contributed by atoms with Crippen LogP contribution in [0.3, 0.4) is 0 Å². The highest BCUT2D eigenvalue weighted by Gasteiger charge is 2.18. The molecule has 0 atom stereocenters. The second kappa shape index (κ2) is 7.08. The van der Waals surface area contributed by atoms with Crippen molar-refractivity contribution in [3.63, 3.8) is 0 Å². The topological polar surface area (TPSA) is 78.7 Å². The third-order valence-electron chi connectivity index (χ3n) is 2.49. The van der Waals surface area contributed by atoms with Crippen LogP contribution < -0.4 is 4.74 Å². The van der Waals surface area contributed by atoms with Gasteiger partial charge in [0.05, 0.1) is 31.1 Å². The maximum Gasteiger partial charge on any atom is 0.310 e. The lowest BCUT2D eigenvalue weighted by atomic mass is 10.0. The molecule has 0 saturated heterocycles. The van der Waals surface area contributed by atoms with Gasteiger partial charge < -0.3 is 9.47 Å². The highest BCUT2D eigenvalue weighted by atomic mass is 79.9. The Bertz CT molecular complexity index is 489. The summed E-state index contributed by atoms with van der Waals surface area (Å²) in [5.74, 6) is -0.0439. The van der Waals surface area contributed by atoms with E-state index in [1.165, 1.54) is 19.2 Å². The number of carbonyl (C=O) groups excluding carboxylic acids is 1. The fourth-order valence-electron chi connectivity index (χ4n) is 1.65. The molecule has 0 fully saturated rings. The molecule has 6 nitrogen and oxygen atoms in total. The van der Waals surface area contributed by atoms with Gasteiger partial charge in [-0.1, -0.05) is 15.9 Å². The second-order valence-corrected chi connectivity index (χ2v) is 4.22. The van der Waals surface area contributed by atoms with E-state index in [2.05, 4.69) is 15.9 Å². The van der Waals surface area contributed by atoms with Crippen molar-refractivity contribution in [3.8, 4) is 5.75 Å². The second-order valence-electron chi connectivity index (χ2n) is 3.66. The summed E-state index contributed by atoms with van der Waals surface area (Å²) in [6, 6.07) is 2.71. The number of hydrogen-bond acceptors (Lipinski definition) is 5. The summed E-state index contributed by atoms with van der Waals surface area (Å²) in [6.07, 6.45) is -0.0210. The number of rotatable bonds is 6. The van der Waals surface area contributed by atoms with Crippen molar-refractivity contribution >= 4 is 27.6 Å². The zero-order chi connectivity index (χ0) is 14.4. The van der Waals surface area contributed by atoms with Crippen molar-refractivity contribution in [2.75, 3.05) is 13.7 Å². The van der Waals surface area contributed by atoms with E-state index in [9.17, 15) is 14.9 Å². The van der Waals surface area contributed by atoms with Gasteiger partial charge in [-0.3, -0.25) is 14.9 Å². The first-order valence-electron chi connectivity index (χ1n) is 5.59. The van der Waals surface area contributed by atoms with Crippen LogP contribution in [0.4, 0.5) is 5.69 Å². The van der Waals surface area contributed by atoms with E-state index in [0.29, 0.717) is 22.2 Å². The molecule has 19 heavy (non-hydrogen) atoms. The van der Waals surface area contributed by atoms with Gasteiger partial charge in [-0.15, -0.1) is 0 Å². The molecule has 0 bridgehead atoms. The Morgan fingerprint density at radius 2 is 2.16 bits per heavy atom. The molecular weight excluding hydrogens is 318 g/mol. The average molecular weight is 332 g/mol. The van der Waals surface area contributed by atoms with Gasteiger partial charge in [0.1, 0.15) is 5.75 Å². The fourth-order valence-corrected chi connectivity index (χ4v) is 2.29. The molecule has 0 aromatic heterocycles. The minimum absolute atomic E-state index is 0.0210. The van der Waals surface area contributed by atoms with Gasteiger partial charge in [-0.05, 0) is 12.5 Å². The highest BCUT2D eigenvalue weighted by Crippen LogP contribution is 2.31. The minimum atomic E-state index is -0.519. The zero-order valence-corrected chi connectivity index (χ0v) is 12.2. The summed E-state index contributed by atoms with van der Waals surface area (Å²) in [5, 5.41) is 11.3. The van der Waals surface area contributed by atoms with Crippen molar-refractivity contribution in [1.82, 2.24) is 0 Å². The number of nitrogens with zero attached hydrogens (tertiary/aromatic N) is 1. The van der Waals surface area contributed by atoms with E-state index >= 15 is 0 Å². The van der Waals surface area contributed by atoms with E-state index in [1.54, 1.807) is 6.92 Å². The molecule has 0 aliphatic heterocycles. The molecule has 1 aromatic carbocycles. The van der Waals surface area contributed by atoms with Crippen LogP contribution in [0.15, 0.2) is 12.1 Å². The first-order chi connectivity index (χ1) is 9.03. The van der Waals surface area contributed by atoms with Crippen LogP contribution in [0, 0.1) is 10.1 Å². The summed E-state index contributed by atoms with van der Waals surface area (Å²) in [5.41, 5.74) is 1.13. The lowest BCUT2D eigenvalue weighted by Crippen LogP contribution is -2.10. The maximum absolute atomic E-state index is 11.5. The molecule has 0 N–H and O–H groups in total. The first-order valence-corrected chi connectivity index (χ1v) is 6.71. The number of non-ortho nitro benzene ring substituents is 1. The molecule has 104 valence electrons. The molecule has 0 amide bonds. The van der Waals surface area contributed by atoms with Crippen molar-refractivity contribution in [1.29, 1.82) is 0 Å². The van der Waals surface area contributed by atoms with E-state index < -0.39 is 10.9 Å². The molecule has 0 aliphatic rings. The summed E-state index contributed by atoms with van der Waals surface area (Å²) in [7, 11) is 1.43. The van der Waals surface area contributed by atoms with Gasteiger partial charge in [-0.25, -0.2) is 0 Å². The normalized spacial score (nSPS) is 10.1. The first kappa shape index (κ1) is 15.4. The van der Waals surface area contributed by atoms with Gasteiger partial charge in [0.2, 0.25) is 0 Å². The summed E-state index contributed by atoms with van der Waals surface area (Å²) >= 11 is 3.29. The lowest BCUT2D eigenvalue weighted by Gasteiger charge is -2.11. The molecule has 1 rings (SSSR count). The van der Waals surface area contributed by atoms with Crippen LogP contribution in [0.25, 0.3) is 0 Å². The minimum Gasteiger partial charge on any atom is -0.496 e. The standard InChI is InChI=1S/C12H14BrNO5/c1-3-19-12(15)5-8-4-9(14(16)17)6-11(18-2)10(8)7-13/h4,6H,3,5,7H2,1-2H3. The number of carbonyl (C=O) groups is 1. The number of methoxy groups -OCH3 is 1. The average Bonchev–Trinajstić information content (AvgIpc) is 2.37. The largest absolute Gasteiger partial charge is 0.496 e. The van der Waals surface area contributed by atoms with Gasteiger partial charge >= 0.3 is 5.97 Å². The molecule has 0 saturated carbocycles. The molecule has 7 heteroatoms. The van der Waals surface area contributed by atoms with Crippen LogP contribution >= 0.6 is 15.9 Å². The predicted molar refractivity (Wildman–Crippen MR) is 72.6 cm³/mol. The molecule has 0 spiro atoms.